The Balaban J connectivity index is 1.05. The Hall–Kier alpha value is -6.74. The average Bonchev–Trinajstić information content (AvgIpc) is 3.63. The second kappa shape index (κ2) is 12.4. The van der Waals surface area contributed by atoms with Crippen LogP contribution in [-0.2, 0) is 0 Å². The van der Waals surface area contributed by atoms with Crippen molar-refractivity contribution in [2.75, 3.05) is 4.90 Å². The molecule has 0 aliphatic rings. The van der Waals surface area contributed by atoms with Gasteiger partial charge >= 0.3 is 0 Å². The summed E-state index contributed by atoms with van der Waals surface area (Å²) in [7, 11) is 0. The van der Waals surface area contributed by atoms with E-state index in [0.29, 0.717) is 0 Å². The van der Waals surface area contributed by atoms with Crippen molar-refractivity contribution >= 4 is 91.7 Å². The van der Waals surface area contributed by atoms with Gasteiger partial charge in [-0.1, -0.05) is 158 Å². The van der Waals surface area contributed by atoms with Crippen LogP contribution in [0.15, 0.2) is 200 Å². The SMILES string of the molecule is c1ccc2c(c1)ccc1cc(-c3ccc(N(c4ccc(-c5cccc6c5sc5ccccc56)cc4)c4cc5ccccc5c5ccccc45)cc3)ccc12. The molecule has 0 saturated carbocycles. The standard InChI is InChI=1S/C52H33NS/c1-3-12-42-35(10-1)20-21-39-32-37(26-31-44(39)42)34-22-27-40(28-23-34)53(50-33-38-11-2-4-13-43(38)46-14-5-6-15-47(46)50)41-29-24-36(25-30-41)45-17-9-18-49-48-16-7-8-19-51(48)54-52(45)49/h1-33H. The van der Waals surface area contributed by atoms with Crippen LogP contribution in [0.3, 0.4) is 0 Å². The van der Waals surface area contributed by atoms with E-state index in [4.69, 9.17) is 0 Å². The van der Waals surface area contributed by atoms with E-state index in [1.165, 1.54) is 85.5 Å². The number of nitrogens with zero attached hydrogens (tertiary/aromatic N) is 1. The minimum absolute atomic E-state index is 1.12. The summed E-state index contributed by atoms with van der Waals surface area (Å²) in [5.74, 6) is 0. The highest BCUT2D eigenvalue weighted by Gasteiger charge is 2.18. The number of hydrogen-bond donors (Lipinski definition) is 0. The van der Waals surface area contributed by atoms with E-state index in [1.807, 2.05) is 11.3 Å². The molecule has 0 aliphatic carbocycles. The highest BCUT2D eigenvalue weighted by Crippen LogP contribution is 2.44. The average molecular weight is 704 g/mol. The Morgan fingerprint density at radius 1 is 0.315 bits per heavy atom. The van der Waals surface area contributed by atoms with Crippen LogP contribution >= 0.6 is 11.3 Å². The Labute approximate surface area is 317 Å². The van der Waals surface area contributed by atoms with Crippen molar-refractivity contribution < 1.29 is 0 Å². The van der Waals surface area contributed by atoms with E-state index in [9.17, 15) is 0 Å². The van der Waals surface area contributed by atoms with E-state index >= 15 is 0 Å². The fourth-order valence-electron chi connectivity index (χ4n) is 8.41. The summed E-state index contributed by atoms with van der Waals surface area (Å²) in [6.45, 7) is 0. The Kier molecular flexibility index (Phi) is 7.11. The van der Waals surface area contributed by atoms with Crippen LogP contribution in [0.5, 0.6) is 0 Å². The van der Waals surface area contributed by atoms with E-state index < -0.39 is 0 Å². The van der Waals surface area contributed by atoms with Gasteiger partial charge in [0, 0.05) is 36.9 Å². The van der Waals surface area contributed by atoms with Crippen LogP contribution in [0.25, 0.3) is 85.5 Å². The molecule has 11 aromatic rings. The van der Waals surface area contributed by atoms with Crippen LogP contribution < -0.4 is 4.90 Å². The summed E-state index contributed by atoms with van der Waals surface area (Å²) in [4.78, 5) is 2.43. The van der Waals surface area contributed by atoms with Crippen molar-refractivity contribution in [3.05, 3.63) is 200 Å². The molecule has 11 rings (SSSR count). The molecule has 1 aromatic heterocycles. The van der Waals surface area contributed by atoms with Gasteiger partial charge in [0.25, 0.3) is 0 Å². The zero-order chi connectivity index (χ0) is 35.6. The highest BCUT2D eigenvalue weighted by molar-refractivity contribution is 7.26. The first-order valence-corrected chi connectivity index (χ1v) is 19.3. The van der Waals surface area contributed by atoms with Crippen molar-refractivity contribution in [3.8, 4) is 22.3 Å². The maximum atomic E-state index is 2.43. The second-order valence-corrected chi connectivity index (χ2v) is 15.1. The van der Waals surface area contributed by atoms with Gasteiger partial charge < -0.3 is 4.90 Å². The zero-order valence-electron chi connectivity index (χ0n) is 29.4. The second-order valence-electron chi connectivity index (χ2n) is 14.1. The van der Waals surface area contributed by atoms with Crippen LogP contribution in [0.2, 0.25) is 0 Å². The molecule has 1 nitrogen and oxygen atoms in total. The summed E-state index contributed by atoms with van der Waals surface area (Å²) < 4.78 is 2.66. The molecule has 0 aliphatic heterocycles. The summed E-state index contributed by atoms with van der Waals surface area (Å²) in [6, 6.07) is 73.5. The fraction of sp³-hybridized carbons (Fsp3) is 0. The van der Waals surface area contributed by atoms with Gasteiger partial charge in [-0.15, -0.1) is 11.3 Å². The summed E-state index contributed by atoms with van der Waals surface area (Å²) in [6.07, 6.45) is 0. The van der Waals surface area contributed by atoms with Crippen molar-refractivity contribution in [2.45, 2.75) is 0 Å². The normalized spacial score (nSPS) is 11.7. The van der Waals surface area contributed by atoms with Gasteiger partial charge in [-0.3, -0.25) is 0 Å². The molecule has 0 radical (unpaired) electrons. The third-order valence-corrected chi connectivity index (χ3v) is 12.3. The number of fused-ring (bicyclic) bond motifs is 9. The van der Waals surface area contributed by atoms with Gasteiger partial charge in [-0.2, -0.15) is 0 Å². The molecular weight excluding hydrogens is 671 g/mol. The Bertz CT molecular complexity index is 3210. The van der Waals surface area contributed by atoms with E-state index in [-0.39, 0.29) is 0 Å². The number of hydrogen-bond acceptors (Lipinski definition) is 2. The quantitative estimate of drug-likeness (QED) is 0.161. The first kappa shape index (κ1) is 30.8. The molecule has 1 heterocycles. The van der Waals surface area contributed by atoms with Crippen LogP contribution in [0.1, 0.15) is 0 Å². The van der Waals surface area contributed by atoms with Gasteiger partial charge in [0.2, 0.25) is 0 Å². The lowest BCUT2D eigenvalue weighted by Gasteiger charge is -2.28. The maximum absolute atomic E-state index is 2.43. The number of rotatable bonds is 5. The van der Waals surface area contributed by atoms with Crippen molar-refractivity contribution in [1.82, 2.24) is 0 Å². The third kappa shape index (κ3) is 4.99. The molecule has 0 unspecified atom stereocenters. The van der Waals surface area contributed by atoms with Gasteiger partial charge in [-0.05, 0) is 102 Å². The summed E-state index contributed by atoms with van der Waals surface area (Å²) in [5.41, 5.74) is 8.30. The molecule has 0 N–H and O–H groups in total. The predicted octanol–water partition coefficient (Wildman–Crippen LogP) is 15.5. The van der Waals surface area contributed by atoms with Gasteiger partial charge in [0.1, 0.15) is 0 Å². The molecule has 0 saturated heterocycles. The highest BCUT2D eigenvalue weighted by atomic mass is 32.1. The maximum Gasteiger partial charge on any atom is 0.0546 e. The molecule has 0 atom stereocenters. The molecule has 0 spiro atoms. The summed E-state index contributed by atoms with van der Waals surface area (Å²) in [5, 5.41) is 12.7. The van der Waals surface area contributed by atoms with Crippen molar-refractivity contribution in [3.63, 3.8) is 0 Å². The molecule has 252 valence electrons. The van der Waals surface area contributed by atoms with Crippen LogP contribution in [0.4, 0.5) is 17.1 Å². The smallest absolute Gasteiger partial charge is 0.0546 e. The molecule has 0 bridgehead atoms. The lowest BCUT2D eigenvalue weighted by atomic mass is 9.97. The first-order chi connectivity index (χ1) is 26.8. The Morgan fingerprint density at radius 3 is 1.63 bits per heavy atom. The molecule has 0 amide bonds. The van der Waals surface area contributed by atoms with Gasteiger partial charge in [0.05, 0.1) is 5.69 Å². The minimum Gasteiger partial charge on any atom is -0.310 e. The minimum atomic E-state index is 1.12. The van der Waals surface area contributed by atoms with Gasteiger partial charge in [0.15, 0.2) is 0 Å². The number of anilines is 3. The monoisotopic (exact) mass is 703 g/mol. The van der Waals surface area contributed by atoms with Crippen LogP contribution in [0, 0.1) is 0 Å². The van der Waals surface area contributed by atoms with Crippen LogP contribution in [-0.4, -0.2) is 0 Å². The first-order valence-electron chi connectivity index (χ1n) is 18.5. The fourth-order valence-corrected chi connectivity index (χ4v) is 9.65. The van der Waals surface area contributed by atoms with E-state index in [2.05, 4.69) is 205 Å². The third-order valence-electron chi connectivity index (χ3n) is 11.0. The van der Waals surface area contributed by atoms with E-state index in [1.54, 1.807) is 0 Å². The lowest BCUT2D eigenvalue weighted by molar-refractivity contribution is 1.30. The zero-order valence-corrected chi connectivity index (χ0v) is 30.2. The predicted molar refractivity (Wildman–Crippen MR) is 235 cm³/mol. The molecule has 10 aromatic carbocycles. The van der Waals surface area contributed by atoms with E-state index in [0.717, 1.165) is 17.1 Å². The summed E-state index contributed by atoms with van der Waals surface area (Å²) >= 11 is 1.88. The van der Waals surface area contributed by atoms with Crippen molar-refractivity contribution in [2.24, 2.45) is 0 Å². The molecule has 54 heavy (non-hydrogen) atoms. The Morgan fingerprint density at radius 2 is 0.852 bits per heavy atom. The number of thiophene rings is 1. The lowest BCUT2D eigenvalue weighted by Crippen LogP contribution is -2.10. The largest absolute Gasteiger partial charge is 0.310 e. The van der Waals surface area contributed by atoms with Crippen molar-refractivity contribution in [1.29, 1.82) is 0 Å². The molecule has 0 fully saturated rings. The number of benzene rings is 10. The molecular formula is C52H33NS. The molecule has 2 heteroatoms. The topological polar surface area (TPSA) is 3.24 Å². The van der Waals surface area contributed by atoms with Gasteiger partial charge in [-0.25, -0.2) is 0 Å².